The summed E-state index contributed by atoms with van der Waals surface area (Å²) in [7, 11) is 7.65. The molecule has 0 fully saturated rings. The Balaban J connectivity index is 2.00. The Kier molecular flexibility index (Phi) is 7.17. The quantitative estimate of drug-likeness (QED) is 0.284. The van der Waals surface area contributed by atoms with Crippen molar-refractivity contribution in [2.75, 3.05) is 51.2 Å². The van der Waals surface area contributed by atoms with Gasteiger partial charge in [-0.05, 0) is 62.4 Å². The van der Waals surface area contributed by atoms with E-state index < -0.39 is 11.9 Å². The summed E-state index contributed by atoms with van der Waals surface area (Å²) in [6.07, 6.45) is 7.35. The lowest BCUT2D eigenvalue weighted by Crippen LogP contribution is -2.11. The zero-order valence-corrected chi connectivity index (χ0v) is 23.5. The molecule has 5 heterocycles. The van der Waals surface area contributed by atoms with E-state index in [1.807, 2.05) is 86.6 Å². The maximum Gasteiger partial charge on any atom is 0.342 e. The van der Waals surface area contributed by atoms with Gasteiger partial charge in [0.2, 0.25) is 0 Å². The number of hydrogen-bond donors (Lipinski definition) is 2. The van der Waals surface area contributed by atoms with Crippen LogP contribution >= 0.6 is 0 Å². The fourth-order valence-corrected chi connectivity index (χ4v) is 4.95. The zero-order valence-electron chi connectivity index (χ0n) is 23.5. The van der Waals surface area contributed by atoms with Crippen LogP contribution in [0.1, 0.15) is 57.3 Å². The Morgan fingerprint density at radius 1 is 0.625 bits per heavy atom. The van der Waals surface area contributed by atoms with E-state index in [9.17, 15) is 9.59 Å². The molecule has 10 heteroatoms. The molecule has 3 aromatic heterocycles. The summed E-state index contributed by atoms with van der Waals surface area (Å²) in [6, 6.07) is 7.46. The van der Waals surface area contributed by atoms with Crippen molar-refractivity contribution in [2.45, 2.75) is 13.8 Å². The number of anilines is 2. The van der Waals surface area contributed by atoms with Crippen LogP contribution in [0.15, 0.2) is 24.3 Å². The average Bonchev–Trinajstić information content (AvgIpc) is 3.70. The maximum absolute atomic E-state index is 13.2. The van der Waals surface area contributed by atoms with Gasteiger partial charge >= 0.3 is 11.9 Å². The number of nitrogens with one attached hydrogen (secondary N) is 2. The number of carbonyl (C=O) groups is 2. The van der Waals surface area contributed by atoms with Crippen LogP contribution in [0, 0.1) is 0 Å². The van der Waals surface area contributed by atoms with Gasteiger partial charge in [0.25, 0.3) is 0 Å². The van der Waals surface area contributed by atoms with E-state index in [0.717, 1.165) is 22.4 Å². The predicted molar refractivity (Wildman–Crippen MR) is 159 cm³/mol. The Bertz CT molecular complexity index is 1600. The van der Waals surface area contributed by atoms with Crippen molar-refractivity contribution in [3.63, 3.8) is 0 Å². The van der Waals surface area contributed by atoms with Gasteiger partial charge in [0.1, 0.15) is 11.1 Å². The molecule has 0 radical (unpaired) electrons. The molecule has 0 aromatic carbocycles. The molecule has 3 aromatic rings. The molecular weight excluding hydrogens is 508 g/mol. The van der Waals surface area contributed by atoms with E-state index in [2.05, 4.69) is 9.97 Å². The monoisotopic (exact) mass is 540 g/mol. The molecule has 5 rings (SSSR count). The maximum atomic E-state index is 13.2. The van der Waals surface area contributed by atoms with Gasteiger partial charge in [0.15, 0.2) is 0 Å². The van der Waals surface area contributed by atoms with Gasteiger partial charge in [-0.25, -0.2) is 19.6 Å². The van der Waals surface area contributed by atoms with E-state index in [1.165, 1.54) is 0 Å². The van der Waals surface area contributed by atoms with Crippen molar-refractivity contribution < 1.29 is 19.1 Å². The number of H-pyrrole nitrogens is 2. The molecule has 40 heavy (non-hydrogen) atoms. The van der Waals surface area contributed by atoms with Crippen molar-refractivity contribution in [2.24, 2.45) is 0 Å². The molecule has 0 saturated carbocycles. The summed E-state index contributed by atoms with van der Waals surface area (Å²) in [5.74, 6) is -0.937. The number of aromatic nitrogens is 4. The number of rotatable bonds is 6. The van der Waals surface area contributed by atoms with E-state index >= 15 is 0 Å². The number of aromatic amines is 2. The highest BCUT2D eigenvalue weighted by Crippen LogP contribution is 2.32. The Labute approximate surface area is 232 Å². The molecule has 0 unspecified atom stereocenters. The molecule has 10 nitrogen and oxygen atoms in total. The molecule has 0 spiro atoms. The molecule has 8 bridgehead atoms. The normalized spacial score (nSPS) is 11.9. The van der Waals surface area contributed by atoms with Gasteiger partial charge in [0, 0.05) is 28.2 Å². The van der Waals surface area contributed by atoms with Gasteiger partial charge in [-0.3, -0.25) is 0 Å². The Hall–Kier alpha value is -4.86. The number of esters is 2. The second-order valence-corrected chi connectivity index (χ2v) is 9.68. The van der Waals surface area contributed by atoms with Crippen LogP contribution in [0.4, 0.5) is 11.4 Å². The van der Waals surface area contributed by atoms with Crippen LogP contribution < -0.4 is 9.80 Å². The second kappa shape index (κ2) is 10.7. The highest BCUT2D eigenvalue weighted by molar-refractivity contribution is 6.04. The van der Waals surface area contributed by atoms with Crippen LogP contribution in [0.25, 0.3) is 46.4 Å². The lowest BCUT2D eigenvalue weighted by molar-refractivity contribution is 0.0518. The van der Waals surface area contributed by atoms with Crippen LogP contribution in [0.3, 0.4) is 0 Å². The van der Waals surface area contributed by atoms with Gasteiger partial charge in [-0.1, -0.05) is 0 Å². The van der Waals surface area contributed by atoms with E-state index in [-0.39, 0.29) is 13.2 Å². The summed E-state index contributed by atoms with van der Waals surface area (Å²) in [5, 5.41) is 0. The minimum atomic E-state index is -0.468. The summed E-state index contributed by atoms with van der Waals surface area (Å²) in [6.45, 7) is 4.02. The third-order valence-electron chi connectivity index (χ3n) is 6.55. The highest BCUT2D eigenvalue weighted by atomic mass is 16.5. The van der Waals surface area contributed by atoms with Crippen LogP contribution in [0.5, 0.6) is 0 Å². The summed E-state index contributed by atoms with van der Waals surface area (Å²) >= 11 is 0. The molecule has 2 N–H and O–H groups in total. The lowest BCUT2D eigenvalue weighted by Gasteiger charge is -2.14. The van der Waals surface area contributed by atoms with Gasteiger partial charge in [-0.2, -0.15) is 0 Å². The molecular formula is C30H32N6O4. The number of hydrogen-bond acceptors (Lipinski definition) is 8. The molecule has 206 valence electrons. The van der Waals surface area contributed by atoms with Crippen LogP contribution in [-0.4, -0.2) is 73.3 Å². The smallest absolute Gasteiger partial charge is 0.342 e. The molecule has 2 aliphatic rings. The largest absolute Gasteiger partial charge is 0.462 e. The number of carbonyl (C=O) groups excluding carboxylic acids is 2. The minimum absolute atomic E-state index is 0.234. The van der Waals surface area contributed by atoms with Gasteiger partial charge in [-0.15, -0.1) is 0 Å². The molecule has 0 aliphatic carbocycles. The highest BCUT2D eigenvalue weighted by Gasteiger charge is 2.22. The van der Waals surface area contributed by atoms with Crippen molar-refractivity contribution >= 4 is 69.7 Å². The van der Waals surface area contributed by atoms with Crippen LogP contribution in [0.2, 0.25) is 0 Å². The molecule has 2 aliphatic heterocycles. The third kappa shape index (κ3) is 4.72. The topological polar surface area (TPSA) is 116 Å². The molecule has 0 saturated heterocycles. The second-order valence-electron chi connectivity index (χ2n) is 9.68. The first-order chi connectivity index (χ1) is 19.2. The van der Waals surface area contributed by atoms with E-state index in [4.69, 9.17) is 19.4 Å². The first-order valence-corrected chi connectivity index (χ1v) is 13.1. The predicted octanol–water partition coefficient (Wildman–Crippen LogP) is 5.14. The summed E-state index contributed by atoms with van der Waals surface area (Å²) in [4.78, 5) is 46.8. The van der Waals surface area contributed by atoms with Gasteiger partial charge < -0.3 is 29.2 Å². The molecule has 0 atom stereocenters. The first-order valence-electron chi connectivity index (χ1n) is 13.1. The number of ether oxygens (including phenoxy) is 2. The first kappa shape index (κ1) is 26.7. The van der Waals surface area contributed by atoms with Crippen molar-refractivity contribution in [1.82, 2.24) is 19.9 Å². The van der Waals surface area contributed by atoms with Crippen molar-refractivity contribution in [1.29, 1.82) is 0 Å². The van der Waals surface area contributed by atoms with E-state index in [0.29, 0.717) is 44.9 Å². The van der Waals surface area contributed by atoms with E-state index in [1.54, 1.807) is 13.8 Å². The Morgan fingerprint density at radius 2 is 0.975 bits per heavy atom. The lowest BCUT2D eigenvalue weighted by atomic mass is 10.2. The summed E-state index contributed by atoms with van der Waals surface area (Å²) < 4.78 is 10.9. The summed E-state index contributed by atoms with van der Waals surface area (Å²) in [5.41, 5.74) is 7.14. The fourth-order valence-electron chi connectivity index (χ4n) is 4.95. The average molecular weight is 541 g/mol. The minimum Gasteiger partial charge on any atom is -0.462 e. The SMILES string of the molecule is CCOC(=O)c1c2nc(c(N(C)C)c3ccc([nH]3)c(C(=O)OCC)c3nc(c(N(C)C)c4ccc1[nH]4)C=C3)C=C2. The zero-order chi connectivity index (χ0) is 28.6. The van der Waals surface area contributed by atoms with Crippen molar-refractivity contribution in [3.05, 3.63) is 58.2 Å². The van der Waals surface area contributed by atoms with Crippen molar-refractivity contribution in [3.8, 4) is 0 Å². The van der Waals surface area contributed by atoms with Crippen LogP contribution in [-0.2, 0) is 9.47 Å². The number of fused-ring (bicyclic) bond motifs is 8. The molecule has 0 amide bonds. The number of nitrogens with zero attached hydrogens (tertiary/aromatic N) is 4. The standard InChI is InChI=1S/C30H32N6O4/c1-7-39-29(37)25-17-9-13-21(31-17)27(35(3)4)23-15-11-19(33-23)26(30(38)40-8-2)20-12-16-24(34-20)28(36(5)6)22-14-10-18(25)32-22/h9-16,31,34H,7-8H2,1-6H3. The third-order valence-corrected chi connectivity index (χ3v) is 6.55. The fraction of sp³-hybridized carbons (Fsp3) is 0.267. The van der Waals surface area contributed by atoms with Gasteiger partial charge in [0.05, 0.1) is 69.4 Å². The Morgan fingerprint density at radius 3 is 1.32 bits per heavy atom.